The van der Waals surface area contributed by atoms with E-state index in [-0.39, 0.29) is 0 Å². The van der Waals surface area contributed by atoms with Crippen LogP contribution in [0.5, 0.6) is 0 Å². The SMILES string of the molecule is CCc1cc(NC)nc(C2CCC(C)(C)CC2)n1. The average Bonchev–Trinajstić information content (AvgIpc) is 2.38. The van der Waals surface area contributed by atoms with Gasteiger partial charge in [-0.05, 0) is 37.5 Å². The Morgan fingerprint density at radius 3 is 2.50 bits per heavy atom. The van der Waals surface area contributed by atoms with E-state index >= 15 is 0 Å². The molecule has 0 spiro atoms. The van der Waals surface area contributed by atoms with Crippen molar-refractivity contribution in [2.24, 2.45) is 5.41 Å². The third-order valence-electron chi connectivity index (χ3n) is 4.12. The second-order valence-electron chi connectivity index (χ2n) is 6.14. The van der Waals surface area contributed by atoms with E-state index < -0.39 is 0 Å². The van der Waals surface area contributed by atoms with Gasteiger partial charge in [0.25, 0.3) is 0 Å². The molecule has 1 saturated carbocycles. The van der Waals surface area contributed by atoms with Crippen molar-refractivity contribution in [2.45, 2.75) is 58.8 Å². The summed E-state index contributed by atoms with van der Waals surface area (Å²) in [6, 6.07) is 2.05. The Bertz CT molecular complexity index is 380. The minimum atomic E-state index is 0.505. The number of anilines is 1. The maximum Gasteiger partial charge on any atom is 0.134 e. The second-order valence-corrected chi connectivity index (χ2v) is 6.14. The van der Waals surface area contributed by atoms with E-state index in [2.05, 4.69) is 37.1 Å². The van der Waals surface area contributed by atoms with Crippen molar-refractivity contribution in [3.05, 3.63) is 17.6 Å². The number of hydrogen-bond donors (Lipinski definition) is 1. The molecule has 0 radical (unpaired) electrons. The Morgan fingerprint density at radius 2 is 1.94 bits per heavy atom. The number of nitrogens with zero attached hydrogens (tertiary/aromatic N) is 2. The highest BCUT2D eigenvalue weighted by Gasteiger charge is 2.29. The molecule has 2 rings (SSSR count). The zero-order valence-corrected chi connectivity index (χ0v) is 12.1. The molecular formula is C15H25N3. The van der Waals surface area contributed by atoms with Crippen LogP contribution in [0.1, 0.15) is 63.9 Å². The zero-order valence-electron chi connectivity index (χ0n) is 12.1. The third-order valence-corrected chi connectivity index (χ3v) is 4.12. The van der Waals surface area contributed by atoms with Crippen LogP contribution in [0.15, 0.2) is 6.07 Å². The molecule has 3 nitrogen and oxygen atoms in total. The summed E-state index contributed by atoms with van der Waals surface area (Å²) in [5, 5.41) is 3.15. The van der Waals surface area contributed by atoms with Crippen LogP contribution in [0.25, 0.3) is 0 Å². The largest absolute Gasteiger partial charge is 0.373 e. The molecule has 0 bridgehead atoms. The molecule has 1 N–H and O–H groups in total. The topological polar surface area (TPSA) is 37.8 Å². The lowest BCUT2D eigenvalue weighted by Crippen LogP contribution is -2.21. The van der Waals surface area contributed by atoms with Gasteiger partial charge in [0.05, 0.1) is 0 Å². The van der Waals surface area contributed by atoms with Crippen molar-refractivity contribution in [1.82, 2.24) is 9.97 Å². The fourth-order valence-corrected chi connectivity index (χ4v) is 2.67. The fourth-order valence-electron chi connectivity index (χ4n) is 2.67. The third kappa shape index (κ3) is 3.01. The molecular weight excluding hydrogens is 222 g/mol. The summed E-state index contributed by atoms with van der Waals surface area (Å²) in [4.78, 5) is 9.37. The quantitative estimate of drug-likeness (QED) is 0.883. The fraction of sp³-hybridized carbons (Fsp3) is 0.733. The normalized spacial score (nSPS) is 19.8. The van der Waals surface area contributed by atoms with Gasteiger partial charge in [-0.25, -0.2) is 9.97 Å². The molecule has 3 heteroatoms. The number of rotatable bonds is 3. The second kappa shape index (κ2) is 5.25. The highest BCUT2D eigenvalue weighted by molar-refractivity contribution is 5.35. The van der Waals surface area contributed by atoms with E-state index in [1.54, 1.807) is 0 Å². The minimum absolute atomic E-state index is 0.505. The number of aryl methyl sites for hydroxylation is 1. The van der Waals surface area contributed by atoms with Crippen LogP contribution in [-0.4, -0.2) is 17.0 Å². The average molecular weight is 247 g/mol. The predicted molar refractivity (Wildman–Crippen MR) is 75.9 cm³/mol. The molecule has 0 unspecified atom stereocenters. The lowest BCUT2D eigenvalue weighted by Gasteiger charge is -2.33. The predicted octanol–water partition coefficient (Wildman–Crippen LogP) is 3.76. The van der Waals surface area contributed by atoms with Crippen LogP contribution >= 0.6 is 0 Å². The van der Waals surface area contributed by atoms with Crippen molar-refractivity contribution in [1.29, 1.82) is 0 Å². The molecule has 0 aromatic carbocycles. The molecule has 0 saturated heterocycles. The van der Waals surface area contributed by atoms with Crippen LogP contribution in [0.2, 0.25) is 0 Å². The molecule has 1 heterocycles. The molecule has 1 aromatic heterocycles. The van der Waals surface area contributed by atoms with Gasteiger partial charge in [0.15, 0.2) is 0 Å². The molecule has 18 heavy (non-hydrogen) atoms. The van der Waals surface area contributed by atoms with E-state index in [1.165, 1.54) is 25.7 Å². The first-order valence-electron chi connectivity index (χ1n) is 7.09. The van der Waals surface area contributed by atoms with E-state index in [0.717, 1.165) is 23.8 Å². The van der Waals surface area contributed by atoms with Gasteiger partial charge in [-0.3, -0.25) is 0 Å². The van der Waals surface area contributed by atoms with Gasteiger partial charge in [0.2, 0.25) is 0 Å². The maximum atomic E-state index is 4.72. The van der Waals surface area contributed by atoms with Crippen molar-refractivity contribution in [3.63, 3.8) is 0 Å². The lowest BCUT2D eigenvalue weighted by atomic mass is 9.73. The van der Waals surface area contributed by atoms with Gasteiger partial charge in [-0.2, -0.15) is 0 Å². The molecule has 0 atom stereocenters. The first kappa shape index (κ1) is 13.3. The van der Waals surface area contributed by atoms with Crippen molar-refractivity contribution >= 4 is 5.82 Å². The van der Waals surface area contributed by atoms with E-state index in [4.69, 9.17) is 4.98 Å². The summed E-state index contributed by atoms with van der Waals surface area (Å²) in [5.74, 6) is 2.56. The van der Waals surface area contributed by atoms with E-state index in [0.29, 0.717) is 11.3 Å². The monoisotopic (exact) mass is 247 g/mol. The number of aromatic nitrogens is 2. The number of nitrogens with one attached hydrogen (secondary N) is 1. The first-order valence-corrected chi connectivity index (χ1v) is 7.09. The standard InChI is InChI=1S/C15H25N3/c1-5-12-10-13(16-4)18-14(17-12)11-6-8-15(2,3)9-7-11/h10-11H,5-9H2,1-4H3,(H,16,17,18). The Morgan fingerprint density at radius 1 is 1.28 bits per heavy atom. The van der Waals surface area contributed by atoms with Crippen molar-refractivity contribution in [3.8, 4) is 0 Å². The summed E-state index contributed by atoms with van der Waals surface area (Å²) in [6.07, 6.45) is 5.99. The highest BCUT2D eigenvalue weighted by atomic mass is 15.0. The van der Waals surface area contributed by atoms with Crippen LogP contribution in [0, 0.1) is 5.41 Å². The Kier molecular flexibility index (Phi) is 3.88. The van der Waals surface area contributed by atoms with Crippen LogP contribution < -0.4 is 5.32 Å². The Labute approximate surface area is 110 Å². The summed E-state index contributed by atoms with van der Waals surface area (Å²) in [7, 11) is 1.93. The molecule has 0 amide bonds. The number of hydrogen-bond acceptors (Lipinski definition) is 3. The van der Waals surface area contributed by atoms with E-state index in [1.807, 2.05) is 7.05 Å². The van der Waals surface area contributed by atoms with Crippen LogP contribution in [0.3, 0.4) is 0 Å². The first-order chi connectivity index (χ1) is 8.54. The van der Waals surface area contributed by atoms with Crippen molar-refractivity contribution in [2.75, 3.05) is 12.4 Å². The molecule has 0 aliphatic heterocycles. The molecule has 1 fully saturated rings. The van der Waals surface area contributed by atoms with Crippen molar-refractivity contribution < 1.29 is 0 Å². The van der Waals surface area contributed by atoms with Gasteiger partial charge in [-0.15, -0.1) is 0 Å². The molecule has 1 aliphatic rings. The van der Waals surface area contributed by atoms with Gasteiger partial charge in [0.1, 0.15) is 11.6 Å². The van der Waals surface area contributed by atoms with Gasteiger partial charge in [-0.1, -0.05) is 20.8 Å². The highest BCUT2D eigenvalue weighted by Crippen LogP contribution is 2.41. The molecule has 1 aromatic rings. The zero-order chi connectivity index (χ0) is 13.2. The van der Waals surface area contributed by atoms with Gasteiger partial charge < -0.3 is 5.32 Å². The molecule has 100 valence electrons. The van der Waals surface area contributed by atoms with Gasteiger partial charge in [0, 0.05) is 24.7 Å². The summed E-state index contributed by atoms with van der Waals surface area (Å²) in [5.41, 5.74) is 1.65. The van der Waals surface area contributed by atoms with Crippen LogP contribution in [-0.2, 0) is 6.42 Å². The summed E-state index contributed by atoms with van der Waals surface area (Å²) >= 11 is 0. The Hall–Kier alpha value is -1.12. The summed E-state index contributed by atoms with van der Waals surface area (Å²) < 4.78 is 0. The smallest absolute Gasteiger partial charge is 0.134 e. The lowest BCUT2D eigenvalue weighted by molar-refractivity contribution is 0.220. The molecule has 1 aliphatic carbocycles. The van der Waals surface area contributed by atoms with E-state index in [9.17, 15) is 0 Å². The van der Waals surface area contributed by atoms with Crippen LogP contribution in [0.4, 0.5) is 5.82 Å². The maximum absolute atomic E-state index is 4.72. The Balaban J connectivity index is 2.18. The minimum Gasteiger partial charge on any atom is -0.373 e. The van der Waals surface area contributed by atoms with Gasteiger partial charge >= 0.3 is 0 Å². The summed E-state index contributed by atoms with van der Waals surface area (Å²) in [6.45, 7) is 6.88.